The van der Waals surface area contributed by atoms with E-state index >= 15 is 0 Å². The summed E-state index contributed by atoms with van der Waals surface area (Å²) in [6.45, 7) is 0. The monoisotopic (exact) mass is 566 g/mol. The van der Waals surface area contributed by atoms with E-state index in [0.29, 0.717) is 0 Å². The van der Waals surface area contributed by atoms with Crippen molar-refractivity contribution in [3.63, 3.8) is 0 Å². The molecule has 0 saturated carbocycles. The Hall–Kier alpha value is 2.08. The second-order valence-electron chi connectivity index (χ2n) is 0. The van der Waals surface area contributed by atoms with Crippen LogP contribution >= 0.6 is 0 Å². The molecule has 0 aromatic carbocycles. The van der Waals surface area contributed by atoms with Crippen molar-refractivity contribution in [2.75, 3.05) is 0 Å². The Labute approximate surface area is 125 Å². The van der Waals surface area contributed by atoms with Gasteiger partial charge in [0.2, 0.25) is 0 Å². The van der Waals surface area contributed by atoms with Crippen LogP contribution in [0.15, 0.2) is 0 Å². The average Bonchev–Trinajstić information content (AvgIpc) is 0. The van der Waals surface area contributed by atoms with Crippen molar-refractivity contribution in [2.24, 2.45) is 0 Å². The molecule has 0 spiro atoms. The van der Waals surface area contributed by atoms with Crippen molar-refractivity contribution in [2.45, 2.75) is 0 Å². The Balaban J connectivity index is 0. The molecule has 0 atom stereocenters. The molecule has 0 N–H and O–H groups in total. The van der Waals surface area contributed by atoms with Gasteiger partial charge in [-0.2, -0.15) is 0 Å². The molecule has 0 radical (unpaired) electrons. The van der Waals surface area contributed by atoms with E-state index in [1.165, 1.54) is 0 Å². The zero-order chi connectivity index (χ0) is 0. The summed E-state index contributed by atoms with van der Waals surface area (Å²) < 4.78 is 0. The van der Waals surface area contributed by atoms with Gasteiger partial charge >= 0.3 is 76.9 Å². The molecule has 0 aromatic rings. The van der Waals surface area contributed by atoms with Gasteiger partial charge in [0.1, 0.15) is 0 Å². The summed E-state index contributed by atoms with van der Waals surface area (Å²) in [5.74, 6) is 0. The van der Waals surface area contributed by atoms with Gasteiger partial charge in [0.15, 0.2) is 0 Å². The summed E-state index contributed by atoms with van der Waals surface area (Å²) in [6, 6.07) is 0. The predicted octanol–water partition coefficient (Wildman–Crippen LogP) is -1.84. The zero-order valence-electron chi connectivity index (χ0n) is 5.65. The van der Waals surface area contributed by atoms with E-state index in [1.807, 2.05) is 0 Å². The molecule has 0 unspecified atom stereocenters. The third kappa shape index (κ3) is 474. The average molecular weight is 566 g/mol. The van der Waals surface area contributed by atoms with Crippen LogP contribution in [0.2, 0.25) is 0 Å². The smallest absolute Gasteiger partial charge is 2.00 e. The second-order valence-corrected chi connectivity index (χ2v) is 0. The molecule has 0 amide bonds. The summed E-state index contributed by atoms with van der Waals surface area (Å²) in [6.07, 6.45) is 0. The SMILES string of the molecule is [Al+3].[Al+3].[O-2].[O-2].[O-2].[O-2].[O-2].[O-2].[O-2].[O-2].[O-2].[W+6].[W+6]. The van der Waals surface area contributed by atoms with Crippen molar-refractivity contribution >= 4 is 34.7 Å². The van der Waals surface area contributed by atoms with E-state index in [2.05, 4.69) is 0 Å². The van der Waals surface area contributed by atoms with Crippen molar-refractivity contribution < 1.29 is 91.4 Å². The van der Waals surface area contributed by atoms with Gasteiger partial charge in [0.05, 0.1) is 0 Å². The van der Waals surface area contributed by atoms with E-state index < -0.39 is 0 Å². The standard InChI is InChI=1S/2Al.9O.2W/q2*+3;9*-2;2*+6. The molecule has 9 nitrogen and oxygen atoms in total. The molecule has 0 aliphatic carbocycles. The maximum Gasteiger partial charge on any atom is 6.00 e. The van der Waals surface area contributed by atoms with Crippen molar-refractivity contribution in [1.29, 1.82) is 0 Å². The van der Waals surface area contributed by atoms with Gasteiger partial charge in [-0.1, -0.05) is 0 Å². The van der Waals surface area contributed by atoms with Crippen molar-refractivity contribution in [1.82, 2.24) is 0 Å². The molecule has 0 aliphatic rings. The third-order valence-corrected chi connectivity index (χ3v) is 0. The van der Waals surface area contributed by atoms with Crippen LogP contribution in [-0.4, -0.2) is 34.7 Å². The molecule has 0 aliphatic heterocycles. The van der Waals surface area contributed by atoms with Gasteiger partial charge in [-0.25, -0.2) is 0 Å². The topological polar surface area (TPSA) is 256 Å². The Kier molecular flexibility index (Phi) is 29500. The Bertz CT molecular complexity index is 15.6. The summed E-state index contributed by atoms with van der Waals surface area (Å²) in [4.78, 5) is 0. The van der Waals surface area contributed by atoms with Gasteiger partial charge < -0.3 is 49.3 Å². The summed E-state index contributed by atoms with van der Waals surface area (Å²) in [7, 11) is 0. The Morgan fingerprint density at radius 2 is 0.231 bits per heavy atom. The molecule has 13 heteroatoms. The minimum Gasteiger partial charge on any atom is -2.00 e. The molecule has 0 saturated heterocycles. The van der Waals surface area contributed by atoms with Crippen LogP contribution in [-0.2, 0) is 91.4 Å². The fourth-order valence-corrected chi connectivity index (χ4v) is 0. The van der Waals surface area contributed by atoms with Crippen LogP contribution in [0.25, 0.3) is 0 Å². The summed E-state index contributed by atoms with van der Waals surface area (Å²) >= 11 is 0. The molecule has 72 valence electrons. The van der Waals surface area contributed by atoms with E-state index in [4.69, 9.17) is 0 Å². The van der Waals surface area contributed by atoms with E-state index in [0.717, 1.165) is 0 Å². The van der Waals surface area contributed by atoms with E-state index in [1.54, 1.807) is 0 Å². The fourth-order valence-electron chi connectivity index (χ4n) is 0. The first-order valence-electron chi connectivity index (χ1n) is 0. The normalized spacial score (nSPS) is 0. The molecular weight excluding hydrogens is 566 g/mol. The first-order chi connectivity index (χ1) is 0. The number of rotatable bonds is 0. The summed E-state index contributed by atoms with van der Waals surface area (Å²) in [5.41, 5.74) is 0. The minimum absolute atomic E-state index is 0. The van der Waals surface area contributed by atoms with Crippen LogP contribution in [0.5, 0.6) is 0 Å². The fraction of sp³-hybridized carbons (Fsp3) is 0. The molecule has 13 heavy (non-hydrogen) atoms. The number of hydrogen-bond acceptors (Lipinski definition) is 0. The number of hydrogen-bond donors (Lipinski definition) is 0. The Morgan fingerprint density at radius 3 is 0.231 bits per heavy atom. The largest absolute Gasteiger partial charge is 6.00 e. The van der Waals surface area contributed by atoms with Crippen LogP contribution in [0.1, 0.15) is 0 Å². The second kappa shape index (κ2) is 556. The van der Waals surface area contributed by atoms with Gasteiger partial charge in [-0.05, 0) is 0 Å². The van der Waals surface area contributed by atoms with Crippen molar-refractivity contribution in [3.05, 3.63) is 0 Å². The maximum atomic E-state index is 0. The van der Waals surface area contributed by atoms with Crippen LogP contribution in [0.4, 0.5) is 0 Å². The third-order valence-electron chi connectivity index (χ3n) is 0. The van der Waals surface area contributed by atoms with E-state index in [-0.39, 0.29) is 126 Å². The zero-order valence-corrected chi connectivity index (χ0v) is 13.8. The first-order valence-corrected chi connectivity index (χ1v) is 0. The summed E-state index contributed by atoms with van der Waals surface area (Å²) in [5, 5.41) is 0. The van der Waals surface area contributed by atoms with E-state index in [9.17, 15) is 0 Å². The maximum absolute atomic E-state index is 0. The van der Waals surface area contributed by atoms with Crippen molar-refractivity contribution in [3.8, 4) is 0 Å². The van der Waals surface area contributed by atoms with Crippen LogP contribution in [0, 0.1) is 0 Å². The van der Waals surface area contributed by atoms with Gasteiger partial charge in [0, 0.05) is 0 Å². The van der Waals surface area contributed by atoms with Crippen LogP contribution in [0.3, 0.4) is 0 Å². The molecule has 0 aromatic heterocycles. The van der Waals surface area contributed by atoms with Gasteiger partial charge in [-0.3, -0.25) is 0 Å². The molecule has 0 bridgehead atoms. The molecule has 0 rings (SSSR count). The van der Waals surface area contributed by atoms with Gasteiger partial charge in [-0.15, -0.1) is 0 Å². The predicted molar refractivity (Wildman–Crippen MR) is 17.7 cm³/mol. The minimum atomic E-state index is 0. The van der Waals surface area contributed by atoms with Gasteiger partial charge in [0.25, 0.3) is 0 Å². The van der Waals surface area contributed by atoms with Crippen LogP contribution < -0.4 is 0 Å². The Morgan fingerprint density at radius 1 is 0.231 bits per heavy atom. The first kappa shape index (κ1) is 690. The quantitative estimate of drug-likeness (QED) is 0.293. The molecule has 0 fully saturated rings. The molecular formula is Al2O9W2. The molecule has 0 heterocycles.